The van der Waals surface area contributed by atoms with Crippen LogP contribution in [0.5, 0.6) is 5.75 Å². The van der Waals surface area contributed by atoms with Crippen molar-refractivity contribution in [1.29, 1.82) is 0 Å². The number of ketones is 1. The van der Waals surface area contributed by atoms with Gasteiger partial charge in [-0.15, -0.1) is 0 Å². The lowest BCUT2D eigenvalue weighted by Crippen LogP contribution is -2.05. The summed E-state index contributed by atoms with van der Waals surface area (Å²) in [6.07, 6.45) is 0. The van der Waals surface area contributed by atoms with Crippen molar-refractivity contribution in [2.45, 2.75) is 6.92 Å². The maximum Gasteiger partial charge on any atom is 0.195 e. The minimum atomic E-state index is -0.0705. The van der Waals surface area contributed by atoms with Crippen molar-refractivity contribution in [1.82, 2.24) is 0 Å². The number of hydrogen-bond donors (Lipinski definition) is 1. The molecule has 3 heteroatoms. The topological polar surface area (TPSA) is 52.3 Å². The Morgan fingerprint density at radius 3 is 2.50 bits per heavy atom. The van der Waals surface area contributed by atoms with Gasteiger partial charge in [0.05, 0.1) is 7.11 Å². The van der Waals surface area contributed by atoms with E-state index in [0.29, 0.717) is 16.8 Å². The standard InChI is InChI=1S/C15H15NO2/c1-10-9-11(7-8-14(10)18-2)15(17)12-5-3-4-6-13(12)16/h3-9H,16H2,1-2H3. The van der Waals surface area contributed by atoms with Gasteiger partial charge >= 0.3 is 0 Å². The van der Waals surface area contributed by atoms with Crippen molar-refractivity contribution < 1.29 is 9.53 Å². The molecule has 0 unspecified atom stereocenters. The first-order valence-corrected chi connectivity index (χ1v) is 5.67. The van der Waals surface area contributed by atoms with Crippen LogP contribution in [0.15, 0.2) is 42.5 Å². The van der Waals surface area contributed by atoms with E-state index in [1.54, 1.807) is 37.4 Å². The van der Waals surface area contributed by atoms with E-state index >= 15 is 0 Å². The van der Waals surface area contributed by atoms with Gasteiger partial charge in [0, 0.05) is 16.8 Å². The Morgan fingerprint density at radius 1 is 1.17 bits per heavy atom. The van der Waals surface area contributed by atoms with Crippen LogP contribution in [-0.4, -0.2) is 12.9 Å². The highest BCUT2D eigenvalue weighted by Gasteiger charge is 2.12. The number of nitrogens with two attached hydrogens (primary N) is 1. The lowest BCUT2D eigenvalue weighted by atomic mass is 10.00. The molecule has 0 radical (unpaired) electrons. The number of aryl methyl sites for hydroxylation is 1. The molecule has 3 nitrogen and oxygen atoms in total. The second-order valence-corrected chi connectivity index (χ2v) is 4.10. The number of para-hydroxylation sites is 1. The second kappa shape index (κ2) is 4.92. The monoisotopic (exact) mass is 241 g/mol. The molecule has 0 aliphatic rings. The number of benzene rings is 2. The number of hydrogen-bond acceptors (Lipinski definition) is 3. The van der Waals surface area contributed by atoms with Gasteiger partial charge in [-0.2, -0.15) is 0 Å². The number of carbonyl (C=O) groups excluding carboxylic acids is 1. The van der Waals surface area contributed by atoms with E-state index in [1.165, 1.54) is 0 Å². The average molecular weight is 241 g/mol. The number of nitrogen functional groups attached to an aromatic ring is 1. The average Bonchev–Trinajstić information content (AvgIpc) is 2.38. The number of rotatable bonds is 3. The molecule has 0 fully saturated rings. The molecule has 0 saturated heterocycles. The largest absolute Gasteiger partial charge is 0.496 e. The normalized spacial score (nSPS) is 10.1. The molecule has 2 aromatic rings. The van der Waals surface area contributed by atoms with Gasteiger partial charge in [0.25, 0.3) is 0 Å². The summed E-state index contributed by atoms with van der Waals surface area (Å²) in [7, 11) is 1.61. The van der Waals surface area contributed by atoms with Crippen molar-refractivity contribution in [3.63, 3.8) is 0 Å². The molecule has 0 saturated carbocycles. The Morgan fingerprint density at radius 2 is 1.89 bits per heavy atom. The summed E-state index contributed by atoms with van der Waals surface area (Å²) < 4.78 is 5.17. The summed E-state index contributed by atoms with van der Waals surface area (Å²) in [4.78, 5) is 12.3. The zero-order valence-corrected chi connectivity index (χ0v) is 10.4. The van der Waals surface area contributed by atoms with Crippen molar-refractivity contribution in [2.75, 3.05) is 12.8 Å². The Hall–Kier alpha value is -2.29. The van der Waals surface area contributed by atoms with E-state index in [4.69, 9.17) is 10.5 Å². The van der Waals surface area contributed by atoms with E-state index in [-0.39, 0.29) is 5.78 Å². The van der Waals surface area contributed by atoms with Gasteiger partial charge in [0.1, 0.15) is 5.75 Å². The third kappa shape index (κ3) is 2.20. The maximum atomic E-state index is 12.3. The smallest absolute Gasteiger partial charge is 0.195 e. The lowest BCUT2D eigenvalue weighted by Gasteiger charge is -2.08. The summed E-state index contributed by atoms with van der Waals surface area (Å²) in [6, 6.07) is 12.4. The van der Waals surface area contributed by atoms with E-state index in [1.807, 2.05) is 19.1 Å². The van der Waals surface area contributed by atoms with Crippen LogP contribution in [0.4, 0.5) is 5.69 Å². The molecule has 0 spiro atoms. The predicted molar refractivity (Wildman–Crippen MR) is 72.0 cm³/mol. The fourth-order valence-electron chi connectivity index (χ4n) is 1.88. The van der Waals surface area contributed by atoms with Gasteiger partial charge in [0.2, 0.25) is 0 Å². The second-order valence-electron chi connectivity index (χ2n) is 4.10. The third-order valence-corrected chi connectivity index (χ3v) is 2.86. The molecule has 0 heterocycles. The molecular formula is C15H15NO2. The van der Waals surface area contributed by atoms with E-state index < -0.39 is 0 Å². The van der Waals surface area contributed by atoms with Crippen molar-refractivity contribution >= 4 is 11.5 Å². The van der Waals surface area contributed by atoms with E-state index in [0.717, 1.165) is 11.3 Å². The highest BCUT2D eigenvalue weighted by molar-refractivity contribution is 6.12. The van der Waals surface area contributed by atoms with Crippen LogP contribution in [0.3, 0.4) is 0 Å². The van der Waals surface area contributed by atoms with Crippen molar-refractivity contribution in [3.8, 4) is 5.75 Å². The molecule has 0 aliphatic carbocycles. The van der Waals surface area contributed by atoms with E-state index in [9.17, 15) is 4.79 Å². The molecule has 0 atom stereocenters. The van der Waals surface area contributed by atoms with Gasteiger partial charge in [-0.3, -0.25) is 4.79 Å². The number of anilines is 1. The number of ether oxygens (including phenoxy) is 1. The summed E-state index contributed by atoms with van der Waals surface area (Å²) in [5.74, 6) is 0.700. The minimum absolute atomic E-state index is 0.0705. The Labute approximate surface area is 106 Å². The van der Waals surface area contributed by atoms with E-state index in [2.05, 4.69) is 0 Å². The molecule has 0 aliphatic heterocycles. The van der Waals surface area contributed by atoms with Gasteiger partial charge in [0.15, 0.2) is 5.78 Å². The first kappa shape index (κ1) is 12.2. The molecule has 0 aromatic heterocycles. The molecule has 18 heavy (non-hydrogen) atoms. The Bertz CT molecular complexity index is 591. The van der Waals surface area contributed by atoms with Crippen LogP contribution in [0.25, 0.3) is 0 Å². The third-order valence-electron chi connectivity index (χ3n) is 2.86. The molecule has 0 bridgehead atoms. The Kier molecular flexibility index (Phi) is 3.33. The van der Waals surface area contributed by atoms with Gasteiger partial charge in [-0.25, -0.2) is 0 Å². The Balaban J connectivity index is 2.41. The number of methoxy groups -OCH3 is 1. The first-order chi connectivity index (χ1) is 8.63. The highest BCUT2D eigenvalue weighted by Crippen LogP contribution is 2.22. The molecule has 92 valence electrons. The summed E-state index contributed by atoms with van der Waals surface area (Å²) in [6.45, 7) is 1.91. The van der Waals surface area contributed by atoms with Crippen LogP contribution in [0.1, 0.15) is 21.5 Å². The molecule has 2 N–H and O–H groups in total. The zero-order valence-electron chi connectivity index (χ0n) is 10.4. The van der Waals surface area contributed by atoms with Crippen LogP contribution < -0.4 is 10.5 Å². The minimum Gasteiger partial charge on any atom is -0.496 e. The zero-order chi connectivity index (χ0) is 13.1. The molecule has 0 amide bonds. The summed E-state index contributed by atoms with van der Waals surface area (Å²) in [5, 5.41) is 0. The summed E-state index contributed by atoms with van der Waals surface area (Å²) >= 11 is 0. The van der Waals surface area contributed by atoms with Crippen LogP contribution in [0, 0.1) is 6.92 Å². The van der Waals surface area contributed by atoms with Gasteiger partial charge in [-0.05, 0) is 42.8 Å². The fraction of sp³-hybridized carbons (Fsp3) is 0.133. The van der Waals surface area contributed by atoms with Crippen LogP contribution in [0.2, 0.25) is 0 Å². The van der Waals surface area contributed by atoms with Gasteiger partial charge in [-0.1, -0.05) is 12.1 Å². The number of carbonyl (C=O) groups is 1. The van der Waals surface area contributed by atoms with Crippen molar-refractivity contribution in [2.24, 2.45) is 0 Å². The quantitative estimate of drug-likeness (QED) is 0.664. The van der Waals surface area contributed by atoms with Crippen LogP contribution >= 0.6 is 0 Å². The highest BCUT2D eigenvalue weighted by atomic mass is 16.5. The SMILES string of the molecule is COc1ccc(C(=O)c2ccccc2N)cc1C. The molecule has 2 aromatic carbocycles. The molecular weight excluding hydrogens is 226 g/mol. The molecule has 2 rings (SSSR count). The first-order valence-electron chi connectivity index (χ1n) is 5.67. The summed E-state index contributed by atoms with van der Waals surface area (Å²) in [5.41, 5.74) is 8.38. The van der Waals surface area contributed by atoms with Crippen LogP contribution in [-0.2, 0) is 0 Å². The van der Waals surface area contributed by atoms with Gasteiger partial charge < -0.3 is 10.5 Å². The lowest BCUT2D eigenvalue weighted by molar-refractivity contribution is 0.103. The van der Waals surface area contributed by atoms with Crippen molar-refractivity contribution in [3.05, 3.63) is 59.2 Å². The maximum absolute atomic E-state index is 12.3. The fourth-order valence-corrected chi connectivity index (χ4v) is 1.88. The predicted octanol–water partition coefficient (Wildman–Crippen LogP) is 2.82.